The number of carbonyl (C=O) groups is 5. The highest BCUT2D eigenvalue weighted by Gasteiger charge is 2.75. The average Bonchev–Trinajstić information content (AvgIpc) is 3.24. The number of allylic oxidation sites excluding steroid dienone is 2. The molecule has 1 aromatic carbocycles. The number of phenols is 1. The van der Waals surface area contributed by atoms with Crippen LogP contribution in [0.4, 0.5) is 0 Å². The third kappa shape index (κ3) is 4.29. The van der Waals surface area contributed by atoms with Crippen molar-refractivity contribution in [3.8, 4) is 11.5 Å². The minimum Gasteiger partial charge on any atom is -0.503 e. The molecule has 2 aliphatic heterocycles. The fourth-order valence-electron chi connectivity index (χ4n) is 7.04. The Hall–Kier alpha value is -2.63. The summed E-state index contributed by atoms with van der Waals surface area (Å²) in [7, 11) is 2.69. The van der Waals surface area contributed by atoms with E-state index in [4.69, 9.17) is 33.0 Å². The molecule has 6 atom stereocenters. The van der Waals surface area contributed by atoms with Crippen molar-refractivity contribution in [3.63, 3.8) is 0 Å². The van der Waals surface area contributed by atoms with E-state index in [2.05, 4.69) is 15.9 Å². The van der Waals surface area contributed by atoms with E-state index in [0.717, 1.165) is 4.90 Å². The zero-order valence-electron chi connectivity index (χ0n) is 22.4. The number of nitrogens with zero attached hydrogens (tertiary/aromatic N) is 2. The van der Waals surface area contributed by atoms with Gasteiger partial charge in [0.25, 0.3) is 11.8 Å². The molecule has 6 unspecified atom stereocenters. The number of aliphatic carboxylic acids is 1. The fraction of sp³-hybridized carbons (Fsp3) is 0.536. The number of carboxylic acid groups (broad SMARTS) is 1. The van der Waals surface area contributed by atoms with Gasteiger partial charge in [0.1, 0.15) is 0 Å². The summed E-state index contributed by atoms with van der Waals surface area (Å²) in [5.41, 5.74) is 1.09. The number of carboxylic acids is 1. The van der Waals surface area contributed by atoms with E-state index in [1.165, 1.54) is 25.1 Å². The molecule has 1 aromatic rings. The highest BCUT2D eigenvalue weighted by Crippen LogP contribution is 2.65. The molecule has 2 aliphatic carbocycles. The zero-order chi connectivity index (χ0) is 30.0. The smallest absolute Gasteiger partial charge is 0.303 e. The quantitative estimate of drug-likeness (QED) is 0.184. The van der Waals surface area contributed by atoms with Crippen LogP contribution >= 0.6 is 39.1 Å². The van der Waals surface area contributed by atoms with E-state index in [1.54, 1.807) is 6.07 Å². The van der Waals surface area contributed by atoms with Crippen molar-refractivity contribution in [1.82, 2.24) is 9.80 Å². The van der Waals surface area contributed by atoms with Crippen molar-refractivity contribution in [2.75, 3.05) is 20.7 Å². The van der Waals surface area contributed by atoms with Gasteiger partial charge in [-0.2, -0.15) is 0 Å². The lowest BCUT2D eigenvalue weighted by Crippen LogP contribution is -2.60. The van der Waals surface area contributed by atoms with Gasteiger partial charge in [-0.05, 0) is 65.2 Å². The molecular weight excluding hydrogens is 643 g/mol. The molecule has 4 aliphatic rings. The van der Waals surface area contributed by atoms with Crippen LogP contribution in [0.3, 0.4) is 0 Å². The number of phenolic OH excluding ortho intramolecular Hbond substituents is 1. The van der Waals surface area contributed by atoms with Crippen LogP contribution in [0.15, 0.2) is 28.3 Å². The van der Waals surface area contributed by atoms with Crippen LogP contribution in [-0.4, -0.2) is 80.1 Å². The molecule has 220 valence electrons. The first-order valence-electron chi connectivity index (χ1n) is 13.3. The maximum atomic E-state index is 13.8. The van der Waals surface area contributed by atoms with Crippen molar-refractivity contribution in [3.05, 3.63) is 33.8 Å². The molecule has 4 amide bonds. The van der Waals surface area contributed by atoms with Crippen LogP contribution in [0.2, 0.25) is 0 Å². The second-order valence-corrected chi connectivity index (χ2v) is 13.2. The number of rotatable bonds is 8. The summed E-state index contributed by atoms with van der Waals surface area (Å²) >= 11 is 17.6. The number of imide groups is 2. The Morgan fingerprint density at radius 1 is 1.10 bits per heavy atom. The number of aromatic hydroxyl groups is 1. The number of benzene rings is 1. The van der Waals surface area contributed by atoms with Crippen LogP contribution < -0.4 is 4.74 Å². The topological polar surface area (TPSA) is 142 Å². The number of amides is 4. The van der Waals surface area contributed by atoms with E-state index in [1.807, 2.05) is 6.08 Å². The Morgan fingerprint density at radius 3 is 2.46 bits per heavy atom. The highest BCUT2D eigenvalue weighted by atomic mass is 79.9. The molecule has 0 aromatic heterocycles. The lowest BCUT2D eigenvalue weighted by Gasteiger charge is -2.50. The number of fused-ring (bicyclic) bond motifs is 4. The van der Waals surface area contributed by atoms with Gasteiger partial charge in [0.05, 0.1) is 23.4 Å². The highest BCUT2D eigenvalue weighted by molar-refractivity contribution is 9.10. The summed E-state index contributed by atoms with van der Waals surface area (Å²) in [6.45, 7) is 0.170. The summed E-state index contributed by atoms with van der Waals surface area (Å²) in [5.74, 6) is -6.05. The van der Waals surface area contributed by atoms with Crippen molar-refractivity contribution in [1.29, 1.82) is 0 Å². The molecule has 10 nitrogen and oxygen atoms in total. The van der Waals surface area contributed by atoms with Crippen LogP contribution in [-0.2, 0) is 24.0 Å². The SMILES string of the molecule is COc1cc(C2C3=CCC4C(=O)N(CCCCCC(=O)O)C(=O)C4C3CC3(Cl)C(=O)N(C)C(=O)C23Cl)cc(Br)c1O. The molecule has 5 rings (SSSR count). The third-order valence-corrected chi connectivity index (χ3v) is 11.0. The van der Waals surface area contributed by atoms with Gasteiger partial charge in [-0.15, -0.1) is 23.2 Å². The Bertz CT molecular complexity index is 1400. The van der Waals surface area contributed by atoms with E-state index in [9.17, 15) is 29.1 Å². The van der Waals surface area contributed by atoms with Gasteiger partial charge < -0.3 is 14.9 Å². The van der Waals surface area contributed by atoms with Crippen LogP contribution in [0.25, 0.3) is 0 Å². The summed E-state index contributed by atoms with van der Waals surface area (Å²) in [6.07, 6.45) is 3.44. The molecule has 0 radical (unpaired) electrons. The molecule has 13 heteroatoms. The van der Waals surface area contributed by atoms with Crippen molar-refractivity contribution >= 4 is 68.7 Å². The molecule has 2 heterocycles. The monoisotopic (exact) mass is 670 g/mol. The molecule has 2 N–H and O–H groups in total. The normalized spacial score (nSPS) is 32.6. The number of hydrogen-bond acceptors (Lipinski definition) is 7. The Kier molecular flexibility index (Phi) is 7.70. The first kappa shape index (κ1) is 29.8. The number of likely N-dealkylation sites (tertiary alicyclic amines) is 2. The molecule has 2 saturated heterocycles. The minimum absolute atomic E-state index is 0.0151. The van der Waals surface area contributed by atoms with Gasteiger partial charge in [-0.1, -0.05) is 18.1 Å². The summed E-state index contributed by atoms with van der Waals surface area (Å²) in [4.78, 5) is 63.5. The van der Waals surface area contributed by atoms with Gasteiger partial charge in [-0.25, -0.2) is 0 Å². The largest absolute Gasteiger partial charge is 0.503 e. The lowest BCUT2D eigenvalue weighted by atomic mass is 9.56. The number of halogens is 3. The number of ether oxygens (including phenoxy) is 1. The van der Waals surface area contributed by atoms with Crippen LogP contribution in [0.1, 0.15) is 50.0 Å². The van der Waals surface area contributed by atoms with Gasteiger partial charge in [0.2, 0.25) is 11.8 Å². The molecule has 0 spiro atoms. The van der Waals surface area contributed by atoms with E-state index < -0.39 is 51.2 Å². The first-order valence-corrected chi connectivity index (χ1v) is 14.9. The lowest BCUT2D eigenvalue weighted by molar-refractivity contribution is -0.141. The van der Waals surface area contributed by atoms with Crippen molar-refractivity contribution in [2.45, 2.75) is 54.2 Å². The van der Waals surface area contributed by atoms with Gasteiger partial charge >= 0.3 is 5.97 Å². The van der Waals surface area contributed by atoms with Gasteiger partial charge in [-0.3, -0.25) is 33.8 Å². The summed E-state index contributed by atoms with van der Waals surface area (Å²) < 4.78 is 5.61. The predicted octanol–water partition coefficient (Wildman–Crippen LogP) is 3.80. The number of unbranched alkanes of at least 4 members (excludes halogenated alkanes) is 2. The average molecular weight is 672 g/mol. The zero-order valence-corrected chi connectivity index (χ0v) is 25.5. The molecule has 0 bridgehead atoms. The van der Waals surface area contributed by atoms with E-state index >= 15 is 0 Å². The fourth-order valence-corrected chi connectivity index (χ4v) is 8.52. The van der Waals surface area contributed by atoms with E-state index in [0.29, 0.717) is 30.4 Å². The Balaban J connectivity index is 1.56. The summed E-state index contributed by atoms with van der Waals surface area (Å²) in [6, 6.07) is 3.11. The molecular formula is C28H29BrCl2N2O8. The van der Waals surface area contributed by atoms with E-state index in [-0.39, 0.29) is 53.6 Å². The Morgan fingerprint density at radius 2 is 1.80 bits per heavy atom. The maximum absolute atomic E-state index is 13.8. The second kappa shape index (κ2) is 10.6. The second-order valence-electron chi connectivity index (χ2n) is 11.1. The number of alkyl halides is 2. The number of carbonyl (C=O) groups excluding carboxylic acids is 4. The van der Waals surface area contributed by atoms with Crippen molar-refractivity contribution < 1.29 is 38.9 Å². The number of hydrogen-bond donors (Lipinski definition) is 2. The van der Waals surface area contributed by atoms with Gasteiger partial charge in [0.15, 0.2) is 21.2 Å². The molecule has 1 saturated carbocycles. The number of methoxy groups -OCH3 is 1. The Labute approximate surface area is 254 Å². The van der Waals surface area contributed by atoms with Gasteiger partial charge in [0, 0.05) is 25.9 Å². The van der Waals surface area contributed by atoms with Crippen LogP contribution in [0, 0.1) is 17.8 Å². The predicted molar refractivity (Wildman–Crippen MR) is 151 cm³/mol. The maximum Gasteiger partial charge on any atom is 0.303 e. The minimum atomic E-state index is -1.94. The molecule has 41 heavy (non-hydrogen) atoms. The summed E-state index contributed by atoms with van der Waals surface area (Å²) in [5, 5.41) is 19.3. The molecule has 3 fully saturated rings. The standard InChI is InChI=1S/C28H29BrCl2N2O8/c1-32-25(39)27(30)12-16-14(21(28(27,31)26(32)40)13-10-17(29)22(36)18(11-13)41-2)7-8-15-20(16)24(38)33(23(15)37)9-5-3-4-6-19(34)35/h7,10-11,15-16,20-21,36H,3-6,8-9,12H2,1-2H3,(H,34,35). The van der Waals surface area contributed by atoms with Crippen LogP contribution in [0.5, 0.6) is 11.5 Å². The van der Waals surface area contributed by atoms with Crippen molar-refractivity contribution in [2.24, 2.45) is 17.8 Å². The first-order chi connectivity index (χ1) is 19.3. The third-order valence-electron chi connectivity index (χ3n) is 8.98.